The maximum Gasteiger partial charge on any atom is 0.244 e. The summed E-state index contributed by atoms with van der Waals surface area (Å²) in [5.41, 5.74) is 7.99. The second-order valence-corrected chi connectivity index (χ2v) is 5.15. The highest BCUT2D eigenvalue weighted by atomic mass is 35.5. The molecule has 2 aromatic rings. The van der Waals surface area contributed by atoms with E-state index in [4.69, 9.17) is 22.1 Å². The molecule has 5 heteroatoms. The van der Waals surface area contributed by atoms with Crippen molar-refractivity contribution in [2.24, 2.45) is 5.73 Å². The largest absolute Gasteiger partial charge is 0.497 e. The number of amides is 1. The minimum Gasteiger partial charge on any atom is -0.497 e. The highest BCUT2D eigenvalue weighted by molar-refractivity contribution is 6.30. The van der Waals surface area contributed by atoms with Crippen LogP contribution in [-0.4, -0.2) is 13.0 Å². The van der Waals surface area contributed by atoms with Crippen molar-refractivity contribution in [2.45, 2.75) is 13.0 Å². The van der Waals surface area contributed by atoms with E-state index in [1.54, 1.807) is 31.4 Å². The van der Waals surface area contributed by atoms with Gasteiger partial charge in [-0.15, -0.1) is 0 Å². The van der Waals surface area contributed by atoms with Crippen LogP contribution < -0.4 is 15.8 Å². The molecule has 0 aliphatic rings. The average Bonchev–Trinajstić information content (AvgIpc) is 2.45. The molecule has 21 heavy (non-hydrogen) atoms. The summed E-state index contributed by atoms with van der Waals surface area (Å²) >= 11 is 5.95. The van der Waals surface area contributed by atoms with Crippen molar-refractivity contribution in [1.82, 2.24) is 0 Å². The van der Waals surface area contributed by atoms with Crippen LogP contribution in [-0.2, 0) is 4.79 Å². The fourth-order valence-electron chi connectivity index (χ4n) is 2.14. The summed E-state index contributed by atoms with van der Waals surface area (Å²) in [5.74, 6) is 0.249. The molecule has 0 aromatic heterocycles. The Labute approximate surface area is 128 Å². The summed E-state index contributed by atoms with van der Waals surface area (Å²) in [7, 11) is 1.59. The molecule has 0 radical (unpaired) electrons. The van der Waals surface area contributed by atoms with Crippen LogP contribution in [0.5, 0.6) is 5.75 Å². The Morgan fingerprint density at radius 1 is 1.29 bits per heavy atom. The van der Waals surface area contributed by atoms with Gasteiger partial charge in [-0.1, -0.05) is 23.7 Å². The number of halogens is 1. The van der Waals surface area contributed by atoms with Crippen LogP contribution in [0.4, 0.5) is 5.69 Å². The van der Waals surface area contributed by atoms with Crippen LogP contribution in [0.1, 0.15) is 17.2 Å². The molecule has 0 spiro atoms. The first-order valence-electron chi connectivity index (χ1n) is 6.47. The smallest absolute Gasteiger partial charge is 0.244 e. The number of nitrogens with one attached hydrogen (secondary N) is 1. The second-order valence-electron chi connectivity index (χ2n) is 4.71. The predicted molar refractivity (Wildman–Crippen MR) is 84.7 cm³/mol. The first-order chi connectivity index (χ1) is 10.0. The van der Waals surface area contributed by atoms with Gasteiger partial charge in [0.05, 0.1) is 7.11 Å². The number of primary amides is 1. The summed E-state index contributed by atoms with van der Waals surface area (Å²) in [6.45, 7) is 1.89. The van der Waals surface area contributed by atoms with Crippen LogP contribution in [0.3, 0.4) is 0 Å². The quantitative estimate of drug-likeness (QED) is 0.891. The summed E-state index contributed by atoms with van der Waals surface area (Å²) in [4.78, 5) is 11.8. The van der Waals surface area contributed by atoms with Gasteiger partial charge in [-0.2, -0.15) is 0 Å². The number of anilines is 1. The Morgan fingerprint density at radius 2 is 2.05 bits per heavy atom. The van der Waals surface area contributed by atoms with Crippen molar-refractivity contribution in [2.75, 3.05) is 12.4 Å². The fraction of sp³-hybridized carbons (Fsp3) is 0.188. The van der Waals surface area contributed by atoms with Gasteiger partial charge in [0, 0.05) is 16.8 Å². The Balaban J connectivity index is 2.33. The number of carbonyl (C=O) groups excluding carboxylic acids is 1. The lowest BCUT2D eigenvalue weighted by Crippen LogP contribution is -2.28. The number of nitrogens with two attached hydrogens (primary N) is 1. The van der Waals surface area contributed by atoms with Crippen molar-refractivity contribution < 1.29 is 9.53 Å². The molecule has 0 heterocycles. The molecule has 110 valence electrons. The SMILES string of the molecule is COc1cccc(NC(C(N)=O)c2ccc(Cl)cc2C)c1. The topological polar surface area (TPSA) is 64.3 Å². The van der Waals surface area contributed by atoms with Gasteiger partial charge in [0.1, 0.15) is 11.8 Å². The number of methoxy groups -OCH3 is 1. The minimum atomic E-state index is -0.630. The Hall–Kier alpha value is -2.20. The van der Waals surface area contributed by atoms with E-state index < -0.39 is 11.9 Å². The first-order valence-corrected chi connectivity index (χ1v) is 6.85. The molecule has 0 saturated heterocycles. The van der Waals surface area contributed by atoms with Crippen molar-refractivity contribution in [3.05, 3.63) is 58.6 Å². The number of carbonyl (C=O) groups is 1. The van der Waals surface area contributed by atoms with E-state index in [-0.39, 0.29) is 0 Å². The highest BCUT2D eigenvalue weighted by Gasteiger charge is 2.19. The van der Waals surface area contributed by atoms with Crippen molar-refractivity contribution in [3.63, 3.8) is 0 Å². The van der Waals surface area contributed by atoms with Crippen molar-refractivity contribution in [3.8, 4) is 5.75 Å². The van der Waals surface area contributed by atoms with E-state index in [9.17, 15) is 4.79 Å². The monoisotopic (exact) mass is 304 g/mol. The zero-order chi connectivity index (χ0) is 15.4. The van der Waals surface area contributed by atoms with Gasteiger partial charge in [-0.05, 0) is 42.3 Å². The second kappa shape index (κ2) is 6.50. The summed E-state index contributed by atoms with van der Waals surface area (Å²) < 4.78 is 5.17. The van der Waals surface area contributed by atoms with E-state index in [1.165, 1.54) is 0 Å². The normalized spacial score (nSPS) is 11.8. The molecule has 1 unspecified atom stereocenters. The predicted octanol–water partition coefficient (Wildman–Crippen LogP) is 3.30. The lowest BCUT2D eigenvalue weighted by molar-refractivity contribution is -0.118. The molecule has 0 fully saturated rings. The summed E-state index contributed by atoms with van der Waals surface area (Å²) in [6.07, 6.45) is 0. The number of hydrogen-bond donors (Lipinski definition) is 2. The van der Waals surface area contributed by atoms with Crippen molar-refractivity contribution >= 4 is 23.2 Å². The Morgan fingerprint density at radius 3 is 2.67 bits per heavy atom. The van der Waals surface area contributed by atoms with E-state index in [1.807, 2.05) is 25.1 Å². The maximum atomic E-state index is 11.8. The molecular weight excluding hydrogens is 288 g/mol. The average molecular weight is 305 g/mol. The number of rotatable bonds is 5. The minimum absolute atomic E-state index is 0.455. The summed E-state index contributed by atoms with van der Waals surface area (Å²) in [5, 5.41) is 3.76. The van der Waals surface area contributed by atoms with Gasteiger partial charge in [0.2, 0.25) is 5.91 Å². The first kappa shape index (κ1) is 15.2. The number of ether oxygens (including phenoxy) is 1. The zero-order valence-corrected chi connectivity index (χ0v) is 12.6. The van der Waals surface area contributed by atoms with Crippen molar-refractivity contribution in [1.29, 1.82) is 0 Å². The number of benzene rings is 2. The van der Waals surface area contributed by atoms with Crippen LogP contribution in [0.2, 0.25) is 5.02 Å². The Kier molecular flexibility index (Phi) is 4.70. The molecule has 0 bridgehead atoms. The molecule has 1 amide bonds. The summed E-state index contributed by atoms with van der Waals surface area (Å²) in [6, 6.07) is 12.1. The van der Waals surface area contributed by atoms with Gasteiger partial charge in [0.25, 0.3) is 0 Å². The van der Waals surface area contributed by atoms with E-state index >= 15 is 0 Å². The van der Waals surface area contributed by atoms with Crippen LogP contribution >= 0.6 is 11.6 Å². The van der Waals surface area contributed by atoms with E-state index in [2.05, 4.69) is 5.32 Å². The molecule has 3 N–H and O–H groups in total. The van der Waals surface area contributed by atoms with Crippen LogP contribution in [0.15, 0.2) is 42.5 Å². The Bertz CT molecular complexity index is 658. The van der Waals surface area contributed by atoms with Crippen LogP contribution in [0, 0.1) is 6.92 Å². The van der Waals surface area contributed by atoms with Gasteiger partial charge in [-0.3, -0.25) is 4.79 Å². The van der Waals surface area contributed by atoms with Crippen LogP contribution in [0.25, 0.3) is 0 Å². The lowest BCUT2D eigenvalue weighted by atomic mass is 10.0. The molecule has 0 saturated carbocycles. The maximum absolute atomic E-state index is 11.8. The zero-order valence-electron chi connectivity index (χ0n) is 11.9. The molecule has 0 aliphatic carbocycles. The molecule has 2 rings (SSSR count). The third-order valence-corrected chi connectivity index (χ3v) is 3.44. The van der Waals surface area contributed by atoms with Gasteiger partial charge in [0.15, 0.2) is 0 Å². The van der Waals surface area contributed by atoms with Gasteiger partial charge >= 0.3 is 0 Å². The highest BCUT2D eigenvalue weighted by Crippen LogP contribution is 2.26. The van der Waals surface area contributed by atoms with E-state index in [0.29, 0.717) is 10.8 Å². The molecule has 2 aromatic carbocycles. The lowest BCUT2D eigenvalue weighted by Gasteiger charge is -2.19. The number of aryl methyl sites for hydroxylation is 1. The standard InChI is InChI=1S/C16H17ClN2O2/c1-10-8-11(17)6-7-14(10)15(16(18)20)19-12-4-3-5-13(9-12)21-2/h3-9,15,19H,1-2H3,(H2,18,20). The molecule has 4 nitrogen and oxygen atoms in total. The molecule has 0 aliphatic heterocycles. The van der Waals surface area contributed by atoms with Gasteiger partial charge < -0.3 is 15.8 Å². The van der Waals surface area contributed by atoms with Gasteiger partial charge in [-0.25, -0.2) is 0 Å². The number of hydrogen-bond acceptors (Lipinski definition) is 3. The third-order valence-electron chi connectivity index (χ3n) is 3.21. The van der Waals surface area contributed by atoms with E-state index in [0.717, 1.165) is 16.8 Å². The molecular formula is C16H17ClN2O2. The fourth-order valence-corrected chi connectivity index (χ4v) is 2.37. The third kappa shape index (κ3) is 3.67. The molecule has 1 atom stereocenters.